The molecule has 0 aliphatic rings. The van der Waals surface area contributed by atoms with Gasteiger partial charge >= 0.3 is 0 Å². The van der Waals surface area contributed by atoms with Gasteiger partial charge in [-0.15, -0.1) is 0 Å². The van der Waals surface area contributed by atoms with Crippen molar-refractivity contribution < 1.29 is 4.74 Å². The molecular weight excluding hydrogens is 398 g/mol. The summed E-state index contributed by atoms with van der Waals surface area (Å²) in [5.41, 5.74) is 0.898. The van der Waals surface area contributed by atoms with Crippen LogP contribution >= 0.6 is 31.9 Å². The third-order valence-electron chi connectivity index (χ3n) is 2.81. The Balaban J connectivity index is 2.21. The lowest BCUT2D eigenvalue weighted by Gasteiger charge is -2.12. The van der Waals surface area contributed by atoms with Crippen LogP contribution in [0, 0.1) is 0 Å². The molecule has 0 fully saturated rings. The molecular formula is C15H17Br2N3O. The number of halogens is 2. The zero-order valence-corrected chi connectivity index (χ0v) is 15.1. The maximum Gasteiger partial charge on any atom is 0.135 e. The first-order valence-corrected chi connectivity index (χ1v) is 8.23. The van der Waals surface area contributed by atoms with E-state index in [0.717, 1.165) is 45.0 Å². The lowest BCUT2D eigenvalue weighted by atomic mass is 10.3. The lowest BCUT2D eigenvalue weighted by molar-refractivity contribution is 0.412. The molecule has 112 valence electrons. The highest BCUT2D eigenvalue weighted by Crippen LogP contribution is 2.35. The van der Waals surface area contributed by atoms with E-state index >= 15 is 0 Å². The summed E-state index contributed by atoms with van der Waals surface area (Å²) in [6.45, 7) is 3.03. The predicted octanol–water partition coefficient (Wildman–Crippen LogP) is 5.18. The Morgan fingerprint density at radius 2 is 1.90 bits per heavy atom. The summed E-state index contributed by atoms with van der Waals surface area (Å²) in [5.74, 6) is 2.41. The first-order chi connectivity index (χ1) is 10.1. The molecule has 2 N–H and O–H groups in total. The van der Waals surface area contributed by atoms with Crippen LogP contribution in [-0.4, -0.2) is 18.6 Å². The molecule has 0 unspecified atom stereocenters. The van der Waals surface area contributed by atoms with Gasteiger partial charge in [-0.1, -0.05) is 13.0 Å². The van der Waals surface area contributed by atoms with E-state index in [1.54, 1.807) is 7.11 Å². The molecule has 0 saturated heterocycles. The summed E-state index contributed by atoms with van der Waals surface area (Å²) >= 11 is 7.00. The Morgan fingerprint density at radius 3 is 2.62 bits per heavy atom. The summed E-state index contributed by atoms with van der Waals surface area (Å²) in [4.78, 5) is 4.53. The van der Waals surface area contributed by atoms with Crippen molar-refractivity contribution >= 4 is 49.2 Å². The molecule has 0 amide bonds. The summed E-state index contributed by atoms with van der Waals surface area (Å²) in [5, 5.41) is 6.56. The van der Waals surface area contributed by atoms with Gasteiger partial charge < -0.3 is 15.4 Å². The number of pyridine rings is 1. The van der Waals surface area contributed by atoms with Gasteiger partial charge in [-0.2, -0.15) is 0 Å². The minimum Gasteiger partial charge on any atom is -0.495 e. The van der Waals surface area contributed by atoms with E-state index in [2.05, 4.69) is 54.4 Å². The zero-order chi connectivity index (χ0) is 15.2. The molecule has 21 heavy (non-hydrogen) atoms. The van der Waals surface area contributed by atoms with Gasteiger partial charge in [0.1, 0.15) is 17.4 Å². The molecule has 0 bridgehead atoms. The monoisotopic (exact) mass is 413 g/mol. The number of rotatable bonds is 6. The van der Waals surface area contributed by atoms with Gasteiger partial charge in [0, 0.05) is 17.1 Å². The Hall–Kier alpha value is -1.27. The van der Waals surface area contributed by atoms with E-state index in [-0.39, 0.29) is 0 Å². The summed E-state index contributed by atoms with van der Waals surface area (Å²) in [7, 11) is 1.64. The molecule has 0 aliphatic carbocycles. The quantitative estimate of drug-likeness (QED) is 0.683. The van der Waals surface area contributed by atoms with Crippen molar-refractivity contribution in [2.24, 2.45) is 0 Å². The predicted molar refractivity (Wildman–Crippen MR) is 94.7 cm³/mol. The number of benzene rings is 1. The van der Waals surface area contributed by atoms with Crippen LogP contribution in [0.5, 0.6) is 5.75 Å². The molecule has 0 spiro atoms. The number of hydrogen-bond acceptors (Lipinski definition) is 4. The van der Waals surface area contributed by atoms with E-state index in [1.807, 2.05) is 30.3 Å². The Kier molecular flexibility index (Phi) is 5.87. The van der Waals surface area contributed by atoms with Gasteiger partial charge in [0.05, 0.1) is 17.3 Å². The van der Waals surface area contributed by atoms with Gasteiger partial charge in [-0.25, -0.2) is 4.98 Å². The summed E-state index contributed by atoms with van der Waals surface area (Å²) < 4.78 is 7.15. The number of anilines is 3. The molecule has 1 aromatic heterocycles. The number of ether oxygens (including phenoxy) is 1. The van der Waals surface area contributed by atoms with Crippen LogP contribution in [0.2, 0.25) is 0 Å². The maximum absolute atomic E-state index is 5.31. The smallest absolute Gasteiger partial charge is 0.135 e. The standard InChI is InChI=1S/C15H17Br2N3O/c1-3-7-18-14-5-4-6-15(20-14)19-12-9-13(21-2)11(17)8-10(12)16/h4-6,8-9H,3,7H2,1-2H3,(H2,18,19,20). The fourth-order valence-electron chi connectivity index (χ4n) is 1.78. The van der Waals surface area contributed by atoms with Gasteiger partial charge in [-0.05, 0) is 56.5 Å². The third kappa shape index (κ3) is 4.35. The number of nitrogens with zero attached hydrogens (tertiary/aromatic N) is 1. The highest BCUT2D eigenvalue weighted by molar-refractivity contribution is 9.11. The molecule has 1 heterocycles. The maximum atomic E-state index is 5.31. The average Bonchev–Trinajstić information content (AvgIpc) is 2.48. The van der Waals surface area contributed by atoms with Crippen molar-refractivity contribution in [1.29, 1.82) is 0 Å². The van der Waals surface area contributed by atoms with Crippen molar-refractivity contribution in [2.75, 3.05) is 24.3 Å². The van der Waals surface area contributed by atoms with E-state index in [0.29, 0.717) is 0 Å². The van der Waals surface area contributed by atoms with Crippen LogP contribution in [0.4, 0.5) is 17.3 Å². The van der Waals surface area contributed by atoms with Crippen molar-refractivity contribution in [3.05, 3.63) is 39.3 Å². The van der Waals surface area contributed by atoms with Gasteiger partial charge in [0.25, 0.3) is 0 Å². The Labute approximate surface area is 141 Å². The number of hydrogen-bond donors (Lipinski definition) is 2. The van der Waals surface area contributed by atoms with Crippen LogP contribution in [0.15, 0.2) is 39.3 Å². The Bertz CT molecular complexity index is 620. The van der Waals surface area contributed by atoms with Gasteiger partial charge in [0.15, 0.2) is 0 Å². The first-order valence-electron chi connectivity index (χ1n) is 6.65. The van der Waals surface area contributed by atoms with Crippen LogP contribution in [-0.2, 0) is 0 Å². The molecule has 1 aromatic carbocycles. The van der Waals surface area contributed by atoms with Crippen LogP contribution < -0.4 is 15.4 Å². The van der Waals surface area contributed by atoms with Crippen molar-refractivity contribution in [3.8, 4) is 5.75 Å². The third-order valence-corrected chi connectivity index (χ3v) is 4.09. The van der Waals surface area contributed by atoms with Crippen LogP contribution in [0.3, 0.4) is 0 Å². The molecule has 0 radical (unpaired) electrons. The number of nitrogens with one attached hydrogen (secondary N) is 2. The fourth-order valence-corrected chi connectivity index (χ4v) is 3.03. The molecule has 2 rings (SSSR count). The van der Waals surface area contributed by atoms with Crippen molar-refractivity contribution in [3.63, 3.8) is 0 Å². The molecule has 0 aliphatic heterocycles. The largest absolute Gasteiger partial charge is 0.495 e. The van der Waals surface area contributed by atoms with Gasteiger partial charge in [-0.3, -0.25) is 0 Å². The fraction of sp³-hybridized carbons (Fsp3) is 0.267. The molecule has 6 heteroatoms. The van der Waals surface area contributed by atoms with Crippen LogP contribution in [0.25, 0.3) is 0 Å². The Morgan fingerprint density at radius 1 is 1.14 bits per heavy atom. The highest BCUT2D eigenvalue weighted by atomic mass is 79.9. The summed E-state index contributed by atoms with van der Waals surface area (Å²) in [6, 6.07) is 9.72. The van der Waals surface area contributed by atoms with E-state index in [9.17, 15) is 0 Å². The van der Waals surface area contributed by atoms with E-state index in [1.165, 1.54) is 0 Å². The summed E-state index contributed by atoms with van der Waals surface area (Å²) in [6.07, 6.45) is 1.06. The normalized spacial score (nSPS) is 10.3. The molecule has 0 atom stereocenters. The molecule has 4 nitrogen and oxygen atoms in total. The second kappa shape index (κ2) is 7.66. The van der Waals surface area contributed by atoms with Gasteiger partial charge in [0.2, 0.25) is 0 Å². The van der Waals surface area contributed by atoms with Crippen molar-refractivity contribution in [1.82, 2.24) is 4.98 Å². The topological polar surface area (TPSA) is 46.2 Å². The molecule has 2 aromatic rings. The minimum absolute atomic E-state index is 0.765. The second-order valence-corrected chi connectivity index (χ2v) is 6.14. The van der Waals surface area contributed by atoms with E-state index < -0.39 is 0 Å². The van der Waals surface area contributed by atoms with Crippen molar-refractivity contribution in [2.45, 2.75) is 13.3 Å². The molecule has 0 saturated carbocycles. The van der Waals surface area contributed by atoms with Crippen LogP contribution in [0.1, 0.15) is 13.3 Å². The average molecular weight is 415 g/mol. The first kappa shape index (κ1) is 16.1. The number of aromatic nitrogens is 1. The number of methoxy groups -OCH3 is 1. The second-order valence-electron chi connectivity index (χ2n) is 4.43. The van der Waals surface area contributed by atoms with E-state index in [4.69, 9.17) is 4.74 Å². The minimum atomic E-state index is 0.765. The highest BCUT2D eigenvalue weighted by Gasteiger charge is 2.08. The SMILES string of the molecule is CCCNc1cccc(Nc2cc(OC)c(Br)cc2Br)n1. The zero-order valence-electron chi connectivity index (χ0n) is 11.9. The lowest BCUT2D eigenvalue weighted by Crippen LogP contribution is -2.03.